The number of amides is 1. The van der Waals surface area contributed by atoms with Crippen molar-refractivity contribution in [2.75, 3.05) is 14.1 Å². The van der Waals surface area contributed by atoms with Crippen LogP contribution in [-0.4, -0.2) is 50.1 Å². The molecule has 0 spiro atoms. The van der Waals surface area contributed by atoms with E-state index in [1.54, 1.807) is 32.5 Å². The van der Waals surface area contributed by atoms with E-state index in [9.17, 15) is 18.3 Å². The molecule has 3 rings (SSSR count). The number of furan rings is 1. The Hall–Kier alpha value is -3.18. The number of aromatic hydroxyl groups is 1. The minimum atomic E-state index is -3.94. The number of carbonyl (C=O) groups excluding carboxylic acids is 1. The summed E-state index contributed by atoms with van der Waals surface area (Å²) in [6.07, 6.45) is 1.64. The molecular weight excluding hydrogens is 410 g/mol. The van der Waals surface area contributed by atoms with Crippen LogP contribution < -0.4 is 10.0 Å². The Morgan fingerprint density at radius 1 is 1.37 bits per heavy atom. The predicted octanol–water partition coefficient (Wildman–Crippen LogP) is 0.851. The summed E-state index contributed by atoms with van der Waals surface area (Å²) < 4.78 is 35.3. The summed E-state index contributed by atoms with van der Waals surface area (Å²) in [7, 11) is -0.803. The van der Waals surface area contributed by atoms with E-state index in [0.717, 1.165) is 5.56 Å². The molecular formula is C19H24N5O5S+. The van der Waals surface area contributed by atoms with Gasteiger partial charge in [0.1, 0.15) is 5.76 Å². The number of rotatable bonds is 5. The fraction of sp³-hybridized carbons (Fsp3) is 0.316. The minimum absolute atomic E-state index is 0.0235. The molecule has 1 aliphatic rings. The van der Waals surface area contributed by atoms with Crippen molar-refractivity contribution in [3.63, 3.8) is 0 Å². The van der Waals surface area contributed by atoms with Crippen LogP contribution >= 0.6 is 0 Å². The number of nitrogens with zero attached hydrogens (tertiary/aromatic N) is 3. The van der Waals surface area contributed by atoms with E-state index in [0.29, 0.717) is 11.7 Å². The van der Waals surface area contributed by atoms with Crippen LogP contribution in [0, 0.1) is 0 Å². The smallest absolute Gasteiger partial charge is 0.348 e. The second kappa shape index (κ2) is 8.28. The van der Waals surface area contributed by atoms with Gasteiger partial charge in [0.2, 0.25) is 5.84 Å². The van der Waals surface area contributed by atoms with Gasteiger partial charge in [-0.05, 0) is 23.6 Å². The third-order valence-corrected chi connectivity index (χ3v) is 5.30. The summed E-state index contributed by atoms with van der Waals surface area (Å²) in [5, 5.41) is 11.8. The van der Waals surface area contributed by atoms with Gasteiger partial charge in [-0.1, -0.05) is 24.3 Å². The third kappa shape index (κ3) is 4.69. The van der Waals surface area contributed by atoms with Crippen LogP contribution in [-0.2, 0) is 16.8 Å². The molecule has 0 saturated heterocycles. The summed E-state index contributed by atoms with van der Waals surface area (Å²) in [6, 6.07) is 6.49. The summed E-state index contributed by atoms with van der Waals surface area (Å²) >= 11 is 0. The number of quaternary nitrogens is 1. The highest BCUT2D eigenvalue weighted by molar-refractivity contribution is 7.89. The Bertz CT molecular complexity index is 1130. The second-order valence-electron chi connectivity index (χ2n) is 7.31. The van der Waals surface area contributed by atoms with Crippen LogP contribution in [0.4, 0.5) is 5.69 Å². The average molecular weight is 434 g/mol. The van der Waals surface area contributed by atoms with Gasteiger partial charge in [-0.15, -0.1) is 0 Å². The Morgan fingerprint density at radius 3 is 2.73 bits per heavy atom. The van der Waals surface area contributed by atoms with Crippen molar-refractivity contribution in [3.05, 3.63) is 47.4 Å². The topological polar surface area (TPSA) is 141 Å². The first kappa shape index (κ1) is 21.5. The maximum Gasteiger partial charge on any atom is 0.348 e. The van der Waals surface area contributed by atoms with Crippen molar-refractivity contribution in [1.82, 2.24) is 9.62 Å². The van der Waals surface area contributed by atoms with Crippen molar-refractivity contribution in [2.45, 2.75) is 26.3 Å². The number of nitrogens with one attached hydrogen (secondary N) is 1. The Labute approximate surface area is 174 Å². The van der Waals surface area contributed by atoms with Gasteiger partial charge in [0.15, 0.2) is 11.4 Å². The average Bonchev–Trinajstić information content (AvgIpc) is 3.25. The number of benzene rings is 1. The predicted molar refractivity (Wildman–Crippen MR) is 111 cm³/mol. The van der Waals surface area contributed by atoms with Gasteiger partial charge in [0, 0.05) is 20.2 Å². The van der Waals surface area contributed by atoms with Gasteiger partial charge >= 0.3 is 10.2 Å². The zero-order valence-corrected chi connectivity index (χ0v) is 17.9. The molecule has 2 heterocycles. The Kier molecular flexibility index (Phi) is 5.94. The lowest BCUT2D eigenvalue weighted by atomic mass is 10.1. The fourth-order valence-electron chi connectivity index (χ4n) is 2.76. The zero-order chi connectivity index (χ0) is 22.1. The summed E-state index contributed by atoms with van der Waals surface area (Å²) in [5.41, 5.74) is 1.36. The molecule has 0 atom stereocenters. The van der Waals surface area contributed by atoms with E-state index in [2.05, 4.69) is 14.1 Å². The van der Waals surface area contributed by atoms with Crippen molar-refractivity contribution in [2.24, 2.45) is 9.39 Å². The van der Waals surface area contributed by atoms with Crippen molar-refractivity contribution >= 4 is 33.5 Å². The molecule has 0 bridgehead atoms. The highest BCUT2D eigenvalue weighted by atomic mass is 32.2. The maximum atomic E-state index is 12.2. The van der Waals surface area contributed by atoms with E-state index in [1.807, 2.05) is 19.9 Å². The summed E-state index contributed by atoms with van der Waals surface area (Å²) in [6.45, 7) is 4.18. The van der Waals surface area contributed by atoms with Crippen LogP contribution in [0.15, 0.2) is 44.3 Å². The maximum absolute atomic E-state index is 12.2. The number of para-hydroxylation sites is 1. The van der Waals surface area contributed by atoms with Crippen LogP contribution in [0.2, 0.25) is 0 Å². The number of carbonyl (C=O) groups is 1. The number of aliphatic imine (C=N–C) groups is 1. The SMILES string of the molecule is CC(C)c1coc(CN=C2NS(=O)(=O)N=C2[NH2+]c2cccc(C(=O)N(C)C)c2O)c1. The van der Waals surface area contributed by atoms with Gasteiger partial charge in [0.25, 0.3) is 11.7 Å². The Morgan fingerprint density at radius 2 is 2.10 bits per heavy atom. The molecule has 1 aromatic heterocycles. The highest BCUT2D eigenvalue weighted by Crippen LogP contribution is 2.24. The van der Waals surface area contributed by atoms with Crippen LogP contribution in [0.25, 0.3) is 0 Å². The van der Waals surface area contributed by atoms with E-state index in [4.69, 9.17) is 4.42 Å². The van der Waals surface area contributed by atoms with Gasteiger partial charge in [0.05, 0.1) is 18.4 Å². The molecule has 0 saturated carbocycles. The molecule has 0 fully saturated rings. The normalized spacial score (nSPS) is 16.6. The van der Waals surface area contributed by atoms with E-state index < -0.39 is 10.2 Å². The lowest BCUT2D eigenvalue weighted by Crippen LogP contribution is -2.84. The molecule has 0 radical (unpaired) electrons. The van der Waals surface area contributed by atoms with Crippen LogP contribution in [0.3, 0.4) is 0 Å². The molecule has 0 aliphatic carbocycles. The van der Waals surface area contributed by atoms with E-state index in [1.165, 1.54) is 16.3 Å². The monoisotopic (exact) mass is 434 g/mol. The lowest BCUT2D eigenvalue weighted by molar-refractivity contribution is -0.440. The molecule has 160 valence electrons. The number of hydrogen-bond acceptors (Lipinski definition) is 6. The Balaban J connectivity index is 1.86. The standard InChI is InChI=1S/C19H23N5O5S/c1-11(2)12-8-13(29-10-12)9-20-17-18(23-30(27,28)22-17)21-15-7-5-6-14(16(15)25)19(26)24(3)4/h5-8,10-11,25H,9H2,1-4H3,(H,20,22)(H,21,23)/p+1. The molecule has 1 amide bonds. The number of phenolic OH excluding ortho intramolecular Hbond substituents is 1. The van der Waals surface area contributed by atoms with Crippen molar-refractivity contribution in [3.8, 4) is 5.75 Å². The number of amidine groups is 2. The molecule has 2 aromatic rings. The summed E-state index contributed by atoms with van der Waals surface area (Å²) in [5.74, 6) is 0.283. The number of hydrogen-bond donors (Lipinski definition) is 3. The van der Waals surface area contributed by atoms with Gasteiger partial charge in [-0.25, -0.2) is 4.72 Å². The number of phenols is 1. The van der Waals surface area contributed by atoms with E-state index >= 15 is 0 Å². The minimum Gasteiger partial charge on any atom is -0.502 e. The third-order valence-electron chi connectivity index (χ3n) is 4.42. The molecule has 0 unspecified atom stereocenters. The quantitative estimate of drug-likeness (QED) is 0.473. The first-order valence-corrected chi connectivity index (χ1v) is 10.6. The molecule has 11 heteroatoms. The lowest BCUT2D eigenvalue weighted by Gasteiger charge is -2.12. The molecule has 4 N–H and O–H groups in total. The van der Waals surface area contributed by atoms with Crippen molar-refractivity contribution in [1.29, 1.82) is 0 Å². The van der Waals surface area contributed by atoms with Gasteiger partial charge in [-0.3, -0.25) is 15.1 Å². The molecule has 1 aromatic carbocycles. The second-order valence-corrected chi connectivity index (χ2v) is 8.64. The van der Waals surface area contributed by atoms with Crippen LogP contribution in [0.5, 0.6) is 5.75 Å². The molecule has 30 heavy (non-hydrogen) atoms. The molecule has 1 aliphatic heterocycles. The fourth-order valence-corrected chi connectivity index (χ4v) is 3.61. The highest BCUT2D eigenvalue weighted by Gasteiger charge is 2.32. The van der Waals surface area contributed by atoms with Gasteiger partial charge in [-0.2, -0.15) is 8.42 Å². The first-order chi connectivity index (χ1) is 14.1. The zero-order valence-electron chi connectivity index (χ0n) is 17.1. The van der Waals surface area contributed by atoms with E-state index in [-0.39, 0.29) is 41.1 Å². The largest absolute Gasteiger partial charge is 0.502 e. The van der Waals surface area contributed by atoms with Crippen LogP contribution in [0.1, 0.15) is 41.4 Å². The van der Waals surface area contributed by atoms with Gasteiger partial charge < -0.3 is 14.4 Å². The van der Waals surface area contributed by atoms with Crippen molar-refractivity contribution < 1.29 is 28.1 Å². The molecule has 10 nitrogen and oxygen atoms in total. The first-order valence-electron chi connectivity index (χ1n) is 9.20. The number of nitrogens with two attached hydrogens (primary N) is 1. The summed E-state index contributed by atoms with van der Waals surface area (Å²) in [4.78, 5) is 17.8.